The number of imide groups is 1. The maximum Gasteiger partial charge on any atom is 0.414 e. The molecule has 0 atom stereocenters. The van der Waals surface area contributed by atoms with Crippen molar-refractivity contribution in [3.05, 3.63) is 51.4 Å². The van der Waals surface area contributed by atoms with E-state index < -0.39 is 12.0 Å². The number of thiophene rings is 1. The number of anilines is 1. The monoisotopic (exact) mass is 397 g/mol. The molecule has 1 aliphatic carbocycles. The van der Waals surface area contributed by atoms with Crippen molar-refractivity contribution in [2.24, 2.45) is 0 Å². The standard InChI is InChI=1S/C20H19N3O4S/c1-2-27-20(26)23-18(25)16-14-5-3-4-6-15(14)28-19(16)22-17(24)13-9-7-12(11-21)8-10-13/h7-10H,2-6H2,1H3,(H,22,24)(H,23,25,26). The minimum Gasteiger partial charge on any atom is -0.450 e. The van der Waals surface area contributed by atoms with Crippen LogP contribution >= 0.6 is 11.3 Å². The van der Waals surface area contributed by atoms with Gasteiger partial charge < -0.3 is 10.1 Å². The number of carbonyl (C=O) groups is 3. The largest absolute Gasteiger partial charge is 0.450 e. The van der Waals surface area contributed by atoms with Crippen LogP contribution in [0, 0.1) is 11.3 Å². The van der Waals surface area contributed by atoms with Crippen LogP contribution in [0.1, 0.15) is 56.5 Å². The van der Waals surface area contributed by atoms with Gasteiger partial charge in [-0.25, -0.2) is 4.79 Å². The first-order valence-electron chi connectivity index (χ1n) is 8.97. The summed E-state index contributed by atoms with van der Waals surface area (Å²) in [6.07, 6.45) is 2.73. The molecule has 0 radical (unpaired) electrons. The topological polar surface area (TPSA) is 108 Å². The summed E-state index contributed by atoms with van der Waals surface area (Å²) in [5.74, 6) is -0.957. The van der Waals surface area contributed by atoms with Gasteiger partial charge >= 0.3 is 6.09 Å². The van der Waals surface area contributed by atoms with Crippen LogP contribution in [-0.4, -0.2) is 24.5 Å². The molecule has 7 nitrogen and oxygen atoms in total. The molecule has 1 aromatic heterocycles. The van der Waals surface area contributed by atoms with Crippen molar-refractivity contribution in [1.82, 2.24) is 5.32 Å². The van der Waals surface area contributed by atoms with Crippen LogP contribution < -0.4 is 10.6 Å². The van der Waals surface area contributed by atoms with Crippen LogP contribution in [-0.2, 0) is 17.6 Å². The predicted molar refractivity (Wildman–Crippen MR) is 105 cm³/mol. The summed E-state index contributed by atoms with van der Waals surface area (Å²) in [5.41, 5.74) is 2.04. The number of benzene rings is 1. The zero-order valence-electron chi connectivity index (χ0n) is 15.3. The minimum absolute atomic E-state index is 0.156. The predicted octanol–water partition coefficient (Wildman–Crippen LogP) is 3.64. The quantitative estimate of drug-likeness (QED) is 0.819. The number of fused-ring (bicyclic) bond motifs is 1. The SMILES string of the molecule is CCOC(=O)NC(=O)c1c(NC(=O)c2ccc(C#N)cc2)sc2c1CCCC2. The molecule has 2 N–H and O–H groups in total. The molecule has 3 amide bonds. The molecule has 0 saturated carbocycles. The Kier molecular flexibility index (Phi) is 6.06. The van der Waals surface area contributed by atoms with Crippen LogP contribution in [0.2, 0.25) is 0 Å². The van der Waals surface area contributed by atoms with Gasteiger partial charge in [0.25, 0.3) is 11.8 Å². The van der Waals surface area contributed by atoms with E-state index in [9.17, 15) is 14.4 Å². The third-order valence-electron chi connectivity index (χ3n) is 4.39. The summed E-state index contributed by atoms with van der Waals surface area (Å²) < 4.78 is 4.79. The number of ether oxygens (including phenoxy) is 1. The number of carbonyl (C=O) groups excluding carboxylic acids is 3. The maximum absolute atomic E-state index is 12.7. The fourth-order valence-electron chi connectivity index (χ4n) is 3.09. The highest BCUT2D eigenvalue weighted by atomic mass is 32.1. The van der Waals surface area contributed by atoms with Gasteiger partial charge in [0.05, 0.1) is 23.8 Å². The summed E-state index contributed by atoms with van der Waals surface area (Å²) in [7, 11) is 0. The van der Waals surface area contributed by atoms with Gasteiger partial charge in [0.2, 0.25) is 0 Å². The molecule has 3 rings (SSSR count). The average molecular weight is 397 g/mol. The Hall–Kier alpha value is -3.18. The van der Waals surface area contributed by atoms with Crippen molar-refractivity contribution < 1.29 is 19.1 Å². The lowest BCUT2D eigenvalue weighted by Crippen LogP contribution is -2.32. The number of nitrogens with one attached hydrogen (secondary N) is 2. The van der Waals surface area contributed by atoms with Gasteiger partial charge in [-0.1, -0.05) is 0 Å². The average Bonchev–Trinajstić information content (AvgIpc) is 3.06. The molecule has 0 aliphatic heterocycles. The molecule has 144 valence electrons. The lowest BCUT2D eigenvalue weighted by molar-refractivity contribution is 0.0925. The van der Waals surface area contributed by atoms with Gasteiger partial charge in [0.1, 0.15) is 5.00 Å². The number of nitriles is 1. The summed E-state index contributed by atoms with van der Waals surface area (Å²) in [5, 5.41) is 14.3. The second kappa shape index (κ2) is 8.67. The van der Waals surface area contributed by atoms with Crippen molar-refractivity contribution in [3.8, 4) is 6.07 Å². The maximum atomic E-state index is 12.7. The first-order valence-corrected chi connectivity index (χ1v) is 9.79. The summed E-state index contributed by atoms with van der Waals surface area (Å²) in [6, 6.07) is 8.23. The third-order valence-corrected chi connectivity index (χ3v) is 5.60. The Balaban J connectivity index is 1.88. The van der Waals surface area contributed by atoms with Crippen LogP contribution in [0.3, 0.4) is 0 Å². The second-order valence-electron chi connectivity index (χ2n) is 6.23. The molecular weight excluding hydrogens is 378 g/mol. The Morgan fingerprint density at radius 3 is 2.54 bits per heavy atom. The first kappa shape index (κ1) is 19.6. The fraction of sp³-hybridized carbons (Fsp3) is 0.300. The molecule has 1 aromatic carbocycles. The molecule has 1 aliphatic rings. The van der Waals surface area contributed by atoms with Gasteiger partial charge in [-0.05, 0) is 62.4 Å². The lowest BCUT2D eigenvalue weighted by Gasteiger charge is -2.13. The van der Waals surface area contributed by atoms with E-state index in [2.05, 4.69) is 10.6 Å². The summed E-state index contributed by atoms with van der Waals surface area (Å²) >= 11 is 1.36. The molecule has 8 heteroatoms. The first-order chi connectivity index (χ1) is 13.5. The summed E-state index contributed by atoms with van der Waals surface area (Å²) in [6.45, 7) is 1.81. The van der Waals surface area contributed by atoms with Crippen LogP contribution in [0.4, 0.5) is 9.80 Å². The molecule has 0 spiro atoms. The van der Waals surface area contributed by atoms with Gasteiger partial charge in [-0.3, -0.25) is 14.9 Å². The molecule has 2 aromatic rings. The zero-order valence-corrected chi connectivity index (χ0v) is 16.1. The van der Waals surface area contributed by atoms with Crippen molar-refractivity contribution in [1.29, 1.82) is 5.26 Å². The molecular formula is C20H19N3O4S. The van der Waals surface area contributed by atoms with Crippen molar-refractivity contribution >= 4 is 34.2 Å². The molecule has 0 bridgehead atoms. The Morgan fingerprint density at radius 2 is 1.86 bits per heavy atom. The Labute approximate surface area is 166 Å². The van der Waals surface area contributed by atoms with E-state index in [1.807, 2.05) is 6.07 Å². The normalized spacial score (nSPS) is 12.4. The van der Waals surface area contributed by atoms with Crippen LogP contribution in [0.5, 0.6) is 0 Å². The Morgan fingerprint density at radius 1 is 1.14 bits per heavy atom. The number of rotatable bonds is 4. The Bertz CT molecular complexity index is 957. The number of alkyl carbamates (subject to hydrolysis) is 1. The number of hydrogen-bond acceptors (Lipinski definition) is 6. The van der Waals surface area contributed by atoms with Gasteiger partial charge in [0, 0.05) is 10.4 Å². The van der Waals surface area contributed by atoms with Crippen LogP contribution in [0.15, 0.2) is 24.3 Å². The summed E-state index contributed by atoms with van der Waals surface area (Å²) in [4.78, 5) is 38.0. The third kappa shape index (κ3) is 4.21. The zero-order chi connectivity index (χ0) is 20.1. The minimum atomic E-state index is -0.812. The van der Waals surface area contributed by atoms with Gasteiger partial charge in [-0.2, -0.15) is 5.26 Å². The molecule has 0 saturated heterocycles. The van der Waals surface area contributed by atoms with Gasteiger partial charge in [0.15, 0.2) is 0 Å². The fourth-order valence-corrected chi connectivity index (χ4v) is 4.37. The number of aryl methyl sites for hydroxylation is 1. The number of amides is 3. The van der Waals surface area contributed by atoms with E-state index in [-0.39, 0.29) is 12.5 Å². The van der Waals surface area contributed by atoms with E-state index in [0.717, 1.165) is 36.1 Å². The van der Waals surface area contributed by atoms with E-state index in [0.29, 0.717) is 21.7 Å². The smallest absolute Gasteiger partial charge is 0.414 e. The number of nitrogens with zero attached hydrogens (tertiary/aromatic N) is 1. The van der Waals surface area contributed by atoms with E-state index in [1.165, 1.54) is 11.3 Å². The van der Waals surface area contributed by atoms with Crippen molar-refractivity contribution in [3.63, 3.8) is 0 Å². The van der Waals surface area contributed by atoms with E-state index >= 15 is 0 Å². The van der Waals surface area contributed by atoms with Crippen LogP contribution in [0.25, 0.3) is 0 Å². The second-order valence-corrected chi connectivity index (χ2v) is 7.34. The molecule has 0 unspecified atom stereocenters. The highest BCUT2D eigenvalue weighted by Gasteiger charge is 2.27. The van der Waals surface area contributed by atoms with Gasteiger partial charge in [-0.15, -0.1) is 11.3 Å². The van der Waals surface area contributed by atoms with Crippen molar-refractivity contribution in [2.75, 3.05) is 11.9 Å². The molecule has 28 heavy (non-hydrogen) atoms. The molecule has 0 fully saturated rings. The molecule has 1 heterocycles. The highest BCUT2D eigenvalue weighted by Crippen LogP contribution is 2.38. The van der Waals surface area contributed by atoms with E-state index in [4.69, 9.17) is 10.00 Å². The number of hydrogen-bond donors (Lipinski definition) is 2. The van der Waals surface area contributed by atoms with Crippen molar-refractivity contribution in [2.45, 2.75) is 32.6 Å². The lowest BCUT2D eigenvalue weighted by atomic mass is 9.95. The highest BCUT2D eigenvalue weighted by molar-refractivity contribution is 7.17. The van der Waals surface area contributed by atoms with E-state index in [1.54, 1.807) is 31.2 Å².